The van der Waals surface area contributed by atoms with Crippen LogP contribution >= 0.6 is 0 Å². The van der Waals surface area contributed by atoms with Gasteiger partial charge in [0.2, 0.25) is 0 Å². The number of carbonyl (C=O) groups is 1. The van der Waals surface area contributed by atoms with Crippen LogP contribution in [0.2, 0.25) is 0 Å². The first-order valence-corrected chi connectivity index (χ1v) is 5.25. The molecule has 0 atom stereocenters. The Kier molecular flexibility index (Phi) is 3.87. The van der Waals surface area contributed by atoms with E-state index in [1.54, 1.807) is 0 Å². The van der Waals surface area contributed by atoms with Crippen molar-refractivity contribution in [2.45, 2.75) is 40.0 Å². The van der Waals surface area contributed by atoms with Crippen molar-refractivity contribution in [2.24, 2.45) is 0 Å². The number of carbonyl (C=O) groups excluding carboxylic acids is 1. The minimum Gasteiger partial charge on any atom is -0.294 e. The van der Waals surface area contributed by atoms with E-state index < -0.39 is 0 Å². The molecule has 0 aliphatic rings. The molecule has 1 rings (SSSR count). The Balaban J connectivity index is 2.83. The lowest BCUT2D eigenvalue weighted by Gasteiger charge is -2.05. The molecule has 76 valence electrons. The molecule has 0 fully saturated rings. The molecular formula is C13H18O. The smallest absolute Gasteiger partial charge is 0.163 e. The van der Waals surface area contributed by atoms with Crippen LogP contribution in [-0.4, -0.2) is 5.78 Å². The van der Waals surface area contributed by atoms with Crippen molar-refractivity contribution in [3.63, 3.8) is 0 Å². The van der Waals surface area contributed by atoms with Gasteiger partial charge in [-0.05, 0) is 31.9 Å². The van der Waals surface area contributed by atoms with Gasteiger partial charge in [-0.15, -0.1) is 0 Å². The Morgan fingerprint density at radius 3 is 2.64 bits per heavy atom. The van der Waals surface area contributed by atoms with Crippen molar-refractivity contribution in [3.05, 3.63) is 34.9 Å². The second-order valence-corrected chi connectivity index (χ2v) is 3.85. The number of hydrogen-bond donors (Lipinski definition) is 0. The van der Waals surface area contributed by atoms with Gasteiger partial charge in [0.15, 0.2) is 5.78 Å². The Bertz CT molecular complexity index is 326. The third-order valence-electron chi connectivity index (χ3n) is 2.45. The fraction of sp³-hybridized carbons (Fsp3) is 0.462. The summed E-state index contributed by atoms with van der Waals surface area (Å²) in [5.41, 5.74) is 3.16. The van der Waals surface area contributed by atoms with Crippen LogP contribution in [0.4, 0.5) is 0 Å². The molecule has 1 heteroatoms. The molecule has 0 bridgehead atoms. The molecule has 1 nitrogen and oxygen atoms in total. The van der Waals surface area contributed by atoms with Crippen molar-refractivity contribution >= 4 is 5.78 Å². The van der Waals surface area contributed by atoms with Crippen molar-refractivity contribution in [3.8, 4) is 0 Å². The molecular weight excluding hydrogens is 172 g/mol. The molecule has 0 spiro atoms. The summed E-state index contributed by atoms with van der Waals surface area (Å²) < 4.78 is 0. The average Bonchev–Trinajstić information content (AvgIpc) is 2.18. The molecule has 0 heterocycles. The van der Waals surface area contributed by atoms with Crippen molar-refractivity contribution in [1.29, 1.82) is 0 Å². The quantitative estimate of drug-likeness (QED) is 0.662. The molecule has 14 heavy (non-hydrogen) atoms. The van der Waals surface area contributed by atoms with E-state index in [-0.39, 0.29) is 5.78 Å². The zero-order chi connectivity index (χ0) is 10.6. The minimum atomic E-state index is 0.285. The average molecular weight is 190 g/mol. The van der Waals surface area contributed by atoms with E-state index in [1.165, 1.54) is 0 Å². The first-order chi connectivity index (χ1) is 6.65. The van der Waals surface area contributed by atoms with Gasteiger partial charge in [-0.2, -0.15) is 0 Å². The van der Waals surface area contributed by atoms with Gasteiger partial charge in [-0.1, -0.05) is 31.0 Å². The number of Topliss-reactive ketones (excluding diaryl/α,β-unsaturated/α-hetero) is 1. The number of rotatable bonds is 4. The summed E-state index contributed by atoms with van der Waals surface area (Å²) in [5.74, 6) is 0.285. The number of ketones is 1. The summed E-state index contributed by atoms with van der Waals surface area (Å²) >= 11 is 0. The highest BCUT2D eigenvalue weighted by Crippen LogP contribution is 2.14. The van der Waals surface area contributed by atoms with Crippen LogP contribution in [-0.2, 0) is 0 Å². The minimum absolute atomic E-state index is 0.285. The van der Waals surface area contributed by atoms with E-state index in [0.717, 1.165) is 29.5 Å². The van der Waals surface area contributed by atoms with Crippen LogP contribution in [0, 0.1) is 13.8 Å². The fourth-order valence-corrected chi connectivity index (χ4v) is 1.51. The maximum absolute atomic E-state index is 11.8. The normalized spacial score (nSPS) is 10.2. The largest absolute Gasteiger partial charge is 0.294 e. The molecule has 0 N–H and O–H groups in total. The lowest BCUT2D eigenvalue weighted by molar-refractivity contribution is 0.0979. The van der Waals surface area contributed by atoms with Gasteiger partial charge >= 0.3 is 0 Å². The van der Waals surface area contributed by atoms with Crippen LogP contribution in [0.15, 0.2) is 18.2 Å². The van der Waals surface area contributed by atoms with Gasteiger partial charge in [0.1, 0.15) is 0 Å². The topological polar surface area (TPSA) is 17.1 Å². The van der Waals surface area contributed by atoms with Crippen LogP contribution in [0.3, 0.4) is 0 Å². The van der Waals surface area contributed by atoms with E-state index >= 15 is 0 Å². The van der Waals surface area contributed by atoms with Gasteiger partial charge in [0, 0.05) is 12.0 Å². The Labute approximate surface area is 86.1 Å². The van der Waals surface area contributed by atoms with Gasteiger partial charge in [-0.3, -0.25) is 4.79 Å². The predicted molar refractivity (Wildman–Crippen MR) is 59.8 cm³/mol. The predicted octanol–water partition coefficient (Wildman–Crippen LogP) is 3.68. The third-order valence-corrected chi connectivity index (χ3v) is 2.45. The third kappa shape index (κ3) is 2.69. The first kappa shape index (κ1) is 11.0. The van der Waals surface area contributed by atoms with Crippen LogP contribution in [0.25, 0.3) is 0 Å². The van der Waals surface area contributed by atoms with Crippen LogP contribution < -0.4 is 0 Å². The molecule has 0 unspecified atom stereocenters. The zero-order valence-electron chi connectivity index (χ0n) is 9.26. The number of hydrogen-bond acceptors (Lipinski definition) is 1. The molecule has 0 aliphatic carbocycles. The summed E-state index contributed by atoms with van der Waals surface area (Å²) in [5, 5.41) is 0. The van der Waals surface area contributed by atoms with Gasteiger partial charge in [0.05, 0.1) is 0 Å². The summed E-state index contributed by atoms with van der Waals surface area (Å²) in [6.07, 6.45) is 2.75. The molecule has 0 saturated heterocycles. The fourth-order valence-electron chi connectivity index (χ4n) is 1.51. The highest BCUT2D eigenvalue weighted by molar-refractivity contribution is 5.97. The lowest BCUT2D eigenvalue weighted by Crippen LogP contribution is -2.01. The van der Waals surface area contributed by atoms with Crippen molar-refractivity contribution in [1.82, 2.24) is 0 Å². The van der Waals surface area contributed by atoms with E-state index in [9.17, 15) is 4.79 Å². The summed E-state index contributed by atoms with van der Waals surface area (Å²) in [6, 6.07) is 6.06. The van der Waals surface area contributed by atoms with E-state index in [0.29, 0.717) is 6.42 Å². The molecule has 0 aromatic heterocycles. The van der Waals surface area contributed by atoms with E-state index in [1.807, 2.05) is 32.0 Å². The molecule has 0 amide bonds. The maximum Gasteiger partial charge on any atom is 0.163 e. The standard InChI is InChI=1S/C13H18O/c1-4-5-6-13(14)12-9-10(2)7-8-11(12)3/h7-9H,4-6H2,1-3H3. The lowest BCUT2D eigenvalue weighted by atomic mass is 9.99. The Morgan fingerprint density at radius 2 is 2.00 bits per heavy atom. The Hall–Kier alpha value is -1.11. The Morgan fingerprint density at radius 1 is 1.29 bits per heavy atom. The monoisotopic (exact) mass is 190 g/mol. The zero-order valence-corrected chi connectivity index (χ0v) is 9.26. The number of unbranched alkanes of at least 4 members (excludes halogenated alkanes) is 1. The molecule has 0 aliphatic heterocycles. The summed E-state index contributed by atoms with van der Waals surface area (Å²) in [4.78, 5) is 11.8. The highest BCUT2D eigenvalue weighted by Gasteiger charge is 2.07. The molecule has 0 saturated carbocycles. The number of benzene rings is 1. The first-order valence-electron chi connectivity index (χ1n) is 5.25. The molecule has 1 aromatic rings. The SMILES string of the molecule is CCCCC(=O)c1cc(C)ccc1C. The van der Waals surface area contributed by atoms with E-state index in [4.69, 9.17) is 0 Å². The van der Waals surface area contributed by atoms with E-state index in [2.05, 4.69) is 6.92 Å². The highest BCUT2D eigenvalue weighted by atomic mass is 16.1. The molecule has 1 aromatic carbocycles. The maximum atomic E-state index is 11.8. The van der Waals surface area contributed by atoms with Gasteiger partial charge in [-0.25, -0.2) is 0 Å². The summed E-state index contributed by atoms with van der Waals surface area (Å²) in [6.45, 7) is 6.13. The second-order valence-electron chi connectivity index (χ2n) is 3.85. The van der Waals surface area contributed by atoms with Crippen LogP contribution in [0.1, 0.15) is 47.7 Å². The second kappa shape index (κ2) is 4.94. The van der Waals surface area contributed by atoms with Gasteiger partial charge < -0.3 is 0 Å². The summed E-state index contributed by atoms with van der Waals surface area (Å²) in [7, 11) is 0. The van der Waals surface area contributed by atoms with Crippen molar-refractivity contribution < 1.29 is 4.79 Å². The van der Waals surface area contributed by atoms with Crippen LogP contribution in [0.5, 0.6) is 0 Å². The van der Waals surface area contributed by atoms with Crippen molar-refractivity contribution in [2.75, 3.05) is 0 Å². The molecule has 0 radical (unpaired) electrons. The van der Waals surface area contributed by atoms with Gasteiger partial charge in [0.25, 0.3) is 0 Å². The number of aryl methyl sites for hydroxylation is 2.